The molecule has 2 aliphatic rings. The first kappa shape index (κ1) is 22.0. The molecule has 32 heavy (non-hydrogen) atoms. The van der Waals surface area contributed by atoms with Crippen LogP contribution >= 0.6 is 46.4 Å². The van der Waals surface area contributed by atoms with E-state index in [0.717, 1.165) is 43.3 Å². The van der Waals surface area contributed by atoms with E-state index in [-0.39, 0.29) is 5.41 Å². The fourth-order valence-corrected chi connectivity index (χ4v) is 5.20. The van der Waals surface area contributed by atoms with Gasteiger partial charge < -0.3 is 9.74 Å². The maximum Gasteiger partial charge on any atom is 0.256 e. The molecule has 2 aromatic heterocycles. The third kappa shape index (κ3) is 4.01. The van der Waals surface area contributed by atoms with Crippen LogP contribution in [0, 0.1) is 0 Å². The van der Waals surface area contributed by atoms with Crippen molar-refractivity contribution < 1.29 is 4.84 Å². The summed E-state index contributed by atoms with van der Waals surface area (Å²) in [4.78, 5) is 12.2. The smallest absolute Gasteiger partial charge is 0.256 e. The Labute approximate surface area is 205 Å². The maximum absolute atomic E-state index is 6.52. The number of aromatic nitrogens is 4. The minimum absolute atomic E-state index is 0.205. The number of hydrogen-bond donors (Lipinski definition) is 0. The molecule has 1 saturated heterocycles. The third-order valence-corrected chi connectivity index (χ3v) is 7.01. The zero-order valence-corrected chi connectivity index (χ0v) is 20.3. The third-order valence-electron chi connectivity index (χ3n) is 5.99. The summed E-state index contributed by atoms with van der Waals surface area (Å²) < 4.78 is 2.08. The first-order valence-corrected chi connectivity index (χ1v) is 11.7. The van der Waals surface area contributed by atoms with Crippen molar-refractivity contribution in [3.8, 4) is 5.88 Å². The fraction of sp³-hybridized carbons (Fsp3) is 0.381. The average molecular weight is 514 g/mol. The van der Waals surface area contributed by atoms with Crippen LogP contribution in [0.2, 0.25) is 20.1 Å². The molecule has 2 fully saturated rings. The van der Waals surface area contributed by atoms with E-state index in [1.165, 1.54) is 6.20 Å². The van der Waals surface area contributed by atoms with Gasteiger partial charge in [-0.05, 0) is 36.6 Å². The number of benzene rings is 1. The molecular weight excluding hydrogens is 494 g/mol. The number of anilines is 1. The van der Waals surface area contributed by atoms with Gasteiger partial charge in [0.2, 0.25) is 5.95 Å². The van der Waals surface area contributed by atoms with Crippen molar-refractivity contribution in [2.24, 2.45) is 7.05 Å². The molecule has 0 amide bonds. The first-order valence-electron chi connectivity index (χ1n) is 10.2. The van der Waals surface area contributed by atoms with Crippen LogP contribution in [0.25, 0.3) is 0 Å². The number of hydrogen-bond acceptors (Lipinski definition) is 6. The number of halogens is 4. The summed E-state index contributed by atoms with van der Waals surface area (Å²) in [5.74, 6) is 2.10. The van der Waals surface area contributed by atoms with Gasteiger partial charge in [0.1, 0.15) is 10.8 Å². The molecule has 1 aromatic carbocycles. The second kappa shape index (κ2) is 8.54. The Morgan fingerprint density at radius 3 is 2.28 bits per heavy atom. The van der Waals surface area contributed by atoms with Gasteiger partial charge in [-0.3, -0.25) is 4.57 Å². The van der Waals surface area contributed by atoms with E-state index in [9.17, 15) is 0 Å². The second-order valence-corrected chi connectivity index (χ2v) is 9.72. The molecule has 0 N–H and O–H groups in total. The number of pyridine rings is 1. The second-order valence-electron chi connectivity index (χ2n) is 8.04. The lowest BCUT2D eigenvalue weighted by Crippen LogP contribution is -2.48. The molecule has 11 heteroatoms. The minimum Gasteiger partial charge on any atom is -0.384 e. The largest absolute Gasteiger partial charge is 0.384 e. The zero-order chi connectivity index (χ0) is 22.5. The molecule has 3 heterocycles. The van der Waals surface area contributed by atoms with Crippen LogP contribution in [0.1, 0.15) is 24.2 Å². The SMILES string of the molecule is Cn1c(N2CCN(Oc3ncc(Cl)cc3Cl)CC2)nnc1C1(c2ccc(Cl)cc2Cl)CC1. The molecule has 1 aliphatic carbocycles. The highest BCUT2D eigenvalue weighted by Gasteiger charge is 2.51. The molecule has 0 unspecified atom stereocenters. The van der Waals surface area contributed by atoms with E-state index < -0.39 is 0 Å². The molecule has 0 radical (unpaired) electrons. The van der Waals surface area contributed by atoms with E-state index in [1.54, 1.807) is 12.1 Å². The Bertz CT molecular complexity index is 1160. The van der Waals surface area contributed by atoms with Gasteiger partial charge in [-0.1, -0.05) is 52.5 Å². The Morgan fingerprint density at radius 1 is 0.906 bits per heavy atom. The van der Waals surface area contributed by atoms with Gasteiger partial charge >= 0.3 is 0 Å². The minimum atomic E-state index is -0.205. The first-order chi connectivity index (χ1) is 15.4. The van der Waals surface area contributed by atoms with Crippen LogP contribution in [0.3, 0.4) is 0 Å². The number of nitrogens with zero attached hydrogens (tertiary/aromatic N) is 6. The maximum atomic E-state index is 6.52. The van der Waals surface area contributed by atoms with Gasteiger partial charge in [-0.25, -0.2) is 4.98 Å². The van der Waals surface area contributed by atoms with Gasteiger partial charge in [0, 0.05) is 36.4 Å². The van der Waals surface area contributed by atoms with Gasteiger partial charge in [-0.2, -0.15) is 0 Å². The predicted octanol–water partition coefficient (Wildman–Crippen LogP) is 5.02. The predicted molar refractivity (Wildman–Crippen MR) is 126 cm³/mol. The highest BCUT2D eigenvalue weighted by atomic mass is 35.5. The topological polar surface area (TPSA) is 59.3 Å². The van der Waals surface area contributed by atoms with Gasteiger partial charge in [-0.15, -0.1) is 15.3 Å². The van der Waals surface area contributed by atoms with Gasteiger partial charge in [0.15, 0.2) is 0 Å². The van der Waals surface area contributed by atoms with Crippen LogP contribution in [-0.4, -0.2) is 51.0 Å². The van der Waals surface area contributed by atoms with Crippen molar-refractivity contribution in [3.63, 3.8) is 0 Å². The molecular formula is C21H20Cl4N6O. The molecule has 168 valence electrons. The van der Waals surface area contributed by atoms with Crippen molar-refractivity contribution >= 4 is 52.4 Å². The molecule has 0 spiro atoms. The lowest BCUT2D eigenvalue weighted by molar-refractivity contribution is -0.0660. The van der Waals surface area contributed by atoms with Crippen LogP contribution in [0.4, 0.5) is 5.95 Å². The summed E-state index contributed by atoms with van der Waals surface area (Å²) in [6.45, 7) is 2.78. The average Bonchev–Trinajstić information content (AvgIpc) is 3.46. The van der Waals surface area contributed by atoms with Crippen LogP contribution < -0.4 is 9.74 Å². The van der Waals surface area contributed by atoms with Crippen LogP contribution in [0.15, 0.2) is 30.5 Å². The molecule has 7 nitrogen and oxygen atoms in total. The molecule has 0 bridgehead atoms. The molecule has 0 atom stereocenters. The highest BCUT2D eigenvalue weighted by molar-refractivity contribution is 6.35. The summed E-state index contributed by atoms with van der Waals surface area (Å²) in [5, 5.41) is 13.1. The molecule has 5 rings (SSSR count). The summed E-state index contributed by atoms with van der Waals surface area (Å²) in [7, 11) is 2.01. The number of rotatable bonds is 5. The van der Waals surface area contributed by atoms with Gasteiger partial charge in [0.05, 0.1) is 23.5 Å². The van der Waals surface area contributed by atoms with Crippen molar-refractivity contribution in [1.29, 1.82) is 0 Å². The van der Waals surface area contributed by atoms with E-state index >= 15 is 0 Å². The van der Waals surface area contributed by atoms with Crippen molar-refractivity contribution in [1.82, 2.24) is 24.8 Å². The molecule has 1 aliphatic heterocycles. The summed E-state index contributed by atoms with van der Waals surface area (Å²) in [5.41, 5.74) is 0.847. The Hall–Kier alpha value is -1.77. The number of piperazine rings is 1. The standard InChI is InChI=1S/C21H20Cl4N6O/c1-29-19(21(4-5-21)15-3-2-13(22)10-16(15)24)27-28-20(29)30-6-8-31(9-7-30)32-18-17(25)11-14(23)12-26-18/h2-3,10-12H,4-9H2,1H3. The molecule has 1 saturated carbocycles. The summed E-state index contributed by atoms with van der Waals surface area (Å²) in [6.07, 6.45) is 3.48. The summed E-state index contributed by atoms with van der Waals surface area (Å²) in [6, 6.07) is 7.28. The Kier molecular flexibility index (Phi) is 5.88. The highest BCUT2D eigenvalue weighted by Crippen LogP contribution is 2.55. The van der Waals surface area contributed by atoms with E-state index in [1.807, 2.05) is 24.2 Å². The number of hydroxylamine groups is 2. The van der Waals surface area contributed by atoms with Crippen LogP contribution in [0.5, 0.6) is 5.88 Å². The fourth-order valence-electron chi connectivity index (χ4n) is 4.20. The quantitative estimate of drug-likeness (QED) is 0.477. The monoisotopic (exact) mass is 512 g/mol. The lowest BCUT2D eigenvalue weighted by atomic mass is 9.95. The van der Waals surface area contributed by atoms with Crippen molar-refractivity contribution in [2.75, 3.05) is 31.1 Å². The summed E-state index contributed by atoms with van der Waals surface area (Å²) >= 11 is 24.7. The van der Waals surface area contributed by atoms with E-state index in [0.29, 0.717) is 39.1 Å². The van der Waals surface area contributed by atoms with Crippen LogP contribution in [-0.2, 0) is 12.5 Å². The van der Waals surface area contributed by atoms with Gasteiger partial charge in [0.25, 0.3) is 5.88 Å². The van der Waals surface area contributed by atoms with E-state index in [4.69, 9.17) is 51.2 Å². The molecule has 3 aromatic rings. The van der Waals surface area contributed by atoms with Crippen molar-refractivity contribution in [2.45, 2.75) is 18.3 Å². The lowest BCUT2D eigenvalue weighted by Gasteiger charge is -2.34. The Morgan fingerprint density at radius 2 is 1.62 bits per heavy atom. The zero-order valence-electron chi connectivity index (χ0n) is 17.2. The Balaban J connectivity index is 1.29. The van der Waals surface area contributed by atoms with Crippen molar-refractivity contribution in [3.05, 3.63) is 61.9 Å². The normalized spacial score (nSPS) is 18.1. The van der Waals surface area contributed by atoms with E-state index in [2.05, 4.69) is 24.6 Å².